The minimum absolute atomic E-state index is 0.249. The highest BCUT2D eigenvalue weighted by Crippen LogP contribution is 2.33. The average Bonchev–Trinajstić information content (AvgIpc) is 2.99. The van der Waals surface area contributed by atoms with Gasteiger partial charge < -0.3 is 10.1 Å². The Hall–Kier alpha value is -0.840. The lowest BCUT2D eigenvalue weighted by atomic mass is 9.98. The van der Waals surface area contributed by atoms with Crippen molar-refractivity contribution in [1.29, 1.82) is 0 Å². The summed E-state index contributed by atoms with van der Waals surface area (Å²) < 4.78 is 6.72. The van der Waals surface area contributed by atoms with Crippen molar-refractivity contribution in [3.05, 3.63) is 50.1 Å². The molecule has 2 nitrogen and oxygen atoms in total. The Kier molecular flexibility index (Phi) is 3.41. The molecule has 1 aromatic heterocycles. The van der Waals surface area contributed by atoms with Gasteiger partial charge in [-0.15, -0.1) is 11.3 Å². The minimum atomic E-state index is 0.249. The summed E-state index contributed by atoms with van der Waals surface area (Å²) in [7, 11) is 2.00. The zero-order valence-electron chi connectivity index (χ0n) is 10.1. The average molecular weight is 324 g/mol. The summed E-state index contributed by atoms with van der Waals surface area (Å²) in [5, 5.41) is 5.57. The van der Waals surface area contributed by atoms with Crippen molar-refractivity contribution in [3.63, 3.8) is 0 Å². The van der Waals surface area contributed by atoms with Crippen LogP contribution in [0.2, 0.25) is 0 Å². The molecule has 1 aliphatic rings. The van der Waals surface area contributed by atoms with Gasteiger partial charge in [0.25, 0.3) is 0 Å². The van der Waals surface area contributed by atoms with E-state index in [2.05, 4.69) is 50.9 Å². The molecule has 4 heteroatoms. The maximum Gasteiger partial charge on any atom is 0.122 e. The van der Waals surface area contributed by atoms with Crippen LogP contribution in [-0.2, 0) is 6.42 Å². The molecule has 1 N–H and O–H groups in total. The highest BCUT2D eigenvalue weighted by atomic mass is 79.9. The summed E-state index contributed by atoms with van der Waals surface area (Å²) in [6.07, 6.45) is 1.02. The van der Waals surface area contributed by atoms with Crippen LogP contribution in [0.25, 0.3) is 0 Å². The Morgan fingerprint density at radius 3 is 2.94 bits per heavy atom. The fraction of sp³-hybridized carbons (Fsp3) is 0.286. The van der Waals surface area contributed by atoms with Gasteiger partial charge in [-0.3, -0.25) is 0 Å². The highest BCUT2D eigenvalue weighted by Gasteiger charge is 2.18. The van der Waals surface area contributed by atoms with E-state index in [0.717, 1.165) is 18.8 Å². The maximum atomic E-state index is 5.55. The molecule has 2 aromatic rings. The molecule has 0 bridgehead atoms. The molecule has 0 saturated heterocycles. The number of benzene rings is 1. The molecule has 0 radical (unpaired) electrons. The number of hydrogen-bond donors (Lipinski definition) is 1. The van der Waals surface area contributed by atoms with Gasteiger partial charge in [-0.1, -0.05) is 12.1 Å². The number of thiophene rings is 1. The van der Waals surface area contributed by atoms with E-state index in [4.69, 9.17) is 4.74 Å². The lowest BCUT2D eigenvalue weighted by Gasteiger charge is -2.16. The lowest BCUT2D eigenvalue weighted by Crippen LogP contribution is -2.17. The summed E-state index contributed by atoms with van der Waals surface area (Å²) >= 11 is 5.24. The largest absolute Gasteiger partial charge is 0.493 e. The summed E-state index contributed by atoms with van der Waals surface area (Å²) in [6, 6.07) is 8.92. The van der Waals surface area contributed by atoms with Gasteiger partial charge in [0.2, 0.25) is 0 Å². The third-order valence-electron chi connectivity index (χ3n) is 3.26. The van der Waals surface area contributed by atoms with E-state index in [-0.39, 0.29) is 6.04 Å². The Morgan fingerprint density at radius 2 is 2.22 bits per heavy atom. The van der Waals surface area contributed by atoms with Gasteiger partial charge in [-0.25, -0.2) is 0 Å². The fourth-order valence-corrected chi connectivity index (χ4v) is 3.59. The van der Waals surface area contributed by atoms with Gasteiger partial charge >= 0.3 is 0 Å². The maximum absolute atomic E-state index is 5.55. The predicted molar refractivity (Wildman–Crippen MR) is 78.6 cm³/mol. The molecule has 94 valence electrons. The molecule has 2 heterocycles. The number of hydrogen-bond acceptors (Lipinski definition) is 3. The van der Waals surface area contributed by atoms with Crippen molar-refractivity contribution in [2.24, 2.45) is 0 Å². The Morgan fingerprint density at radius 1 is 1.33 bits per heavy atom. The van der Waals surface area contributed by atoms with Crippen LogP contribution < -0.4 is 10.1 Å². The van der Waals surface area contributed by atoms with Gasteiger partial charge in [0.05, 0.1) is 16.4 Å². The third kappa shape index (κ3) is 2.20. The van der Waals surface area contributed by atoms with Crippen molar-refractivity contribution in [1.82, 2.24) is 5.32 Å². The van der Waals surface area contributed by atoms with Crippen LogP contribution in [-0.4, -0.2) is 13.7 Å². The number of nitrogens with one attached hydrogen (secondary N) is 1. The standard InChI is InChI=1S/C14H14BrNOS/c1-16-14(11-7-13(15)18-8-11)10-2-3-12-9(6-10)4-5-17-12/h2-3,6-8,14,16H,4-5H2,1H3. The van der Waals surface area contributed by atoms with Crippen LogP contribution in [0.5, 0.6) is 5.75 Å². The van der Waals surface area contributed by atoms with Crippen molar-refractivity contribution >= 4 is 27.3 Å². The Balaban J connectivity index is 1.96. The lowest BCUT2D eigenvalue weighted by molar-refractivity contribution is 0.357. The first-order valence-corrected chi connectivity index (χ1v) is 7.62. The van der Waals surface area contributed by atoms with E-state index >= 15 is 0 Å². The number of halogens is 1. The SMILES string of the molecule is CNC(c1csc(Br)c1)c1ccc2c(c1)CCO2. The topological polar surface area (TPSA) is 21.3 Å². The zero-order valence-corrected chi connectivity index (χ0v) is 12.5. The zero-order chi connectivity index (χ0) is 12.5. The normalized spacial score (nSPS) is 15.2. The molecular weight excluding hydrogens is 310 g/mol. The fourth-order valence-electron chi connectivity index (χ4n) is 2.39. The first kappa shape index (κ1) is 12.2. The van der Waals surface area contributed by atoms with E-state index in [1.807, 2.05) is 7.05 Å². The van der Waals surface area contributed by atoms with Crippen LogP contribution in [0.1, 0.15) is 22.7 Å². The number of rotatable bonds is 3. The second-order valence-corrected chi connectivity index (χ2v) is 6.66. The van der Waals surface area contributed by atoms with Crippen molar-refractivity contribution in [2.75, 3.05) is 13.7 Å². The third-order valence-corrected chi connectivity index (χ3v) is 4.78. The Bertz CT molecular complexity index is 567. The molecule has 18 heavy (non-hydrogen) atoms. The van der Waals surface area contributed by atoms with E-state index < -0.39 is 0 Å². The van der Waals surface area contributed by atoms with Gasteiger partial charge in [0.15, 0.2) is 0 Å². The molecule has 1 aromatic carbocycles. The van der Waals surface area contributed by atoms with E-state index in [0.29, 0.717) is 0 Å². The van der Waals surface area contributed by atoms with Gasteiger partial charge in [-0.05, 0) is 57.2 Å². The quantitative estimate of drug-likeness (QED) is 0.928. The van der Waals surface area contributed by atoms with E-state index in [1.54, 1.807) is 11.3 Å². The summed E-state index contributed by atoms with van der Waals surface area (Å²) in [5.41, 5.74) is 3.92. The van der Waals surface area contributed by atoms with Gasteiger partial charge in [0.1, 0.15) is 5.75 Å². The van der Waals surface area contributed by atoms with Crippen LogP contribution in [0, 0.1) is 0 Å². The van der Waals surface area contributed by atoms with Crippen LogP contribution in [0.4, 0.5) is 0 Å². The predicted octanol–water partition coefficient (Wildman–Crippen LogP) is 3.75. The van der Waals surface area contributed by atoms with Gasteiger partial charge in [0, 0.05) is 6.42 Å². The second kappa shape index (κ2) is 5.03. The molecule has 0 spiro atoms. The van der Waals surface area contributed by atoms with Crippen LogP contribution in [0.3, 0.4) is 0 Å². The van der Waals surface area contributed by atoms with Crippen molar-refractivity contribution in [3.8, 4) is 5.75 Å². The van der Waals surface area contributed by atoms with Crippen LogP contribution in [0.15, 0.2) is 33.4 Å². The number of fused-ring (bicyclic) bond motifs is 1. The molecule has 1 aliphatic heterocycles. The Labute approximate surface area is 119 Å². The molecule has 1 unspecified atom stereocenters. The first-order valence-electron chi connectivity index (χ1n) is 5.95. The second-order valence-electron chi connectivity index (χ2n) is 4.37. The van der Waals surface area contributed by atoms with Crippen molar-refractivity contribution in [2.45, 2.75) is 12.5 Å². The molecule has 0 amide bonds. The molecule has 3 rings (SSSR count). The van der Waals surface area contributed by atoms with Gasteiger partial charge in [-0.2, -0.15) is 0 Å². The summed E-state index contributed by atoms with van der Waals surface area (Å²) in [4.78, 5) is 0. The summed E-state index contributed by atoms with van der Waals surface area (Å²) in [5.74, 6) is 1.04. The monoisotopic (exact) mass is 323 g/mol. The highest BCUT2D eigenvalue weighted by molar-refractivity contribution is 9.11. The van der Waals surface area contributed by atoms with Crippen molar-refractivity contribution < 1.29 is 4.74 Å². The molecule has 0 aliphatic carbocycles. The van der Waals surface area contributed by atoms with E-state index in [1.165, 1.54) is 20.5 Å². The molecule has 0 saturated carbocycles. The molecule has 1 atom stereocenters. The minimum Gasteiger partial charge on any atom is -0.493 e. The van der Waals surface area contributed by atoms with Crippen LogP contribution >= 0.6 is 27.3 Å². The summed E-state index contributed by atoms with van der Waals surface area (Å²) in [6.45, 7) is 0.813. The van der Waals surface area contributed by atoms with E-state index in [9.17, 15) is 0 Å². The number of ether oxygens (including phenoxy) is 1. The molecule has 0 fully saturated rings. The molecular formula is C14H14BrNOS. The first-order chi connectivity index (χ1) is 8.78. The smallest absolute Gasteiger partial charge is 0.122 e.